The van der Waals surface area contributed by atoms with Crippen LogP contribution in [-0.4, -0.2) is 68.1 Å². The van der Waals surface area contributed by atoms with Crippen LogP contribution < -0.4 is 20.3 Å². The molecule has 0 unspecified atom stereocenters. The minimum absolute atomic E-state index is 0.165. The molecule has 2 aromatic carbocycles. The molecule has 4 atom stereocenters. The highest BCUT2D eigenvalue weighted by atomic mass is 19.1. The van der Waals surface area contributed by atoms with Crippen molar-refractivity contribution < 1.29 is 19.0 Å². The first-order valence-electron chi connectivity index (χ1n) is 13.3. The van der Waals surface area contributed by atoms with Gasteiger partial charge in [0.05, 0.1) is 17.2 Å². The number of fused-ring (bicyclic) bond motifs is 2. The molecule has 1 amide bonds. The molecule has 3 N–H and O–H groups in total. The summed E-state index contributed by atoms with van der Waals surface area (Å²) in [4.78, 5) is 25.0. The molecule has 10 nitrogen and oxygen atoms in total. The lowest BCUT2D eigenvalue weighted by molar-refractivity contribution is 0.102. The van der Waals surface area contributed by atoms with Crippen molar-refractivity contribution in [2.24, 2.45) is 7.05 Å². The van der Waals surface area contributed by atoms with Crippen LogP contribution in [0, 0.1) is 5.82 Å². The number of hydrogen-bond donors (Lipinski definition) is 3. The van der Waals surface area contributed by atoms with E-state index in [1.165, 1.54) is 10.7 Å². The Hall–Kier alpha value is -3.83. The highest BCUT2D eigenvalue weighted by molar-refractivity contribution is 6.14. The normalized spacial score (nSPS) is 23.5. The third-order valence-electron chi connectivity index (χ3n) is 7.41. The fourth-order valence-electron chi connectivity index (χ4n) is 5.78. The number of aliphatic hydroxyl groups excluding tert-OH is 1. The monoisotopic (exact) mass is 533 g/mol. The van der Waals surface area contributed by atoms with Crippen LogP contribution >= 0.6 is 0 Å². The molecular weight excluding hydrogens is 501 g/mol. The predicted molar refractivity (Wildman–Crippen MR) is 147 cm³/mol. The van der Waals surface area contributed by atoms with Gasteiger partial charge in [0, 0.05) is 73.2 Å². The number of carbonyl (C=O) groups is 1. The molecular formula is C28H32FN7O3. The second-order valence-electron chi connectivity index (χ2n) is 10.8. The van der Waals surface area contributed by atoms with Gasteiger partial charge in [0.1, 0.15) is 11.6 Å². The minimum atomic E-state index is -0.512. The lowest BCUT2D eigenvalue weighted by Gasteiger charge is -2.38. The van der Waals surface area contributed by atoms with Crippen LogP contribution in [0.1, 0.15) is 43.5 Å². The Balaban J connectivity index is 1.38. The first kappa shape index (κ1) is 25.4. The molecule has 2 aliphatic rings. The largest absolute Gasteiger partial charge is 0.460 e. The molecule has 0 radical (unpaired) electrons. The fourth-order valence-corrected chi connectivity index (χ4v) is 5.78. The Morgan fingerprint density at radius 3 is 2.72 bits per heavy atom. The summed E-state index contributed by atoms with van der Waals surface area (Å²) in [7, 11) is 1.72. The Morgan fingerprint density at radius 2 is 1.97 bits per heavy atom. The highest BCUT2D eigenvalue weighted by Crippen LogP contribution is 2.32. The van der Waals surface area contributed by atoms with Crippen LogP contribution in [0.25, 0.3) is 21.8 Å². The predicted octanol–water partition coefficient (Wildman–Crippen LogP) is 3.39. The summed E-state index contributed by atoms with van der Waals surface area (Å²) in [5.74, 6) is -0.931. The molecule has 2 aromatic heterocycles. The van der Waals surface area contributed by atoms with Crippen molar-refractivity contribution in [3.63, 3.8) is 0 Å². The summed E-state index contributed by atoms with van der Waals surface area (Å²) in [6.07, 6.45) is 4.74. The summed E-state index contributed by atoms with van der Waals surface area (Å²) in [6.45, 7) is 5.88. The Morgan fingerprint density at radius 1 is 1.18 bits per heavy atom. The number of carbonyl (C=O) groups excluding carboxylic acids is 1. The zero-order chi connectivity index (χ0) is 27.3. The van der Waals surface area contributed by atoms with Crippen molar-refractivity contribution in [1.29, 1.82) is 0 Å². The van der Waals surface area contributed by atoms with E-state index < -0.39 is 17.8 Å². The summed E-state index contributed by atoms with van der Waals surface area (Å²) < 4.78 is 22.2. The second kappa shape index (κ2) is 10.0. The Labute approximate surface area is 225 Å². The summed E-state index contributed by atoms with van der Waals surface area (Å²) in [5, 5.41) is 21.7. The molecule has 1 saturated carbocycles. The number of amides is 1. The van der Waals surface area contributed by atoms with Crippen LogP contribution in [-0.2, 0) is 7.05 Å². The third kappa shape index (κ3) is 5.11. The molecule has 1 saturated heterocycles. The lowest BCUT2D eigenvalue weighted by atomic mass is 10.0. The number of aliphatic hydroxyl groups is 1. The quantitative estimate of drug-likeness (QED) is 0.358. The van der Waals surface area contributed by atoms with Crippen LogP contribution in [0.4, 0.5) is 15.8 Å². The van der Waals surface area contributed by atoms with Crippen molar-refractivity contribution >= 4 is 39.1 Å². The first-order chi connectivity index (χ1) is 18.7. The van der Waals surface area contributed by atoms with Crippen LogP contribution in [0.5, 0.6) is 6.01 Å². The Bertz CT molecular complexity index is 1550. The molecule has 1 aliphatic heterocycles. The third-order valence-corrected chi connectivity index (χ3v) is 7.41. The smallest absolute Gasteiger partial charge is 0.317 e. The average Bonchev–Trinajstić information content (AvgIpc) is 3.47. The Kier molecular flexibility index (Phi) is 6.56. The van der Waals surface area contributed by atoms with Crippen molar-refractivity contribution in [3.05, 3.63) is 48.0 Å². The van der Waals surface area contributed by atoms with E-state index in [0.29, 0.717) is 47.1 Å². The number of nitrogens with one attached hydrogen (secondary N) is 2. The zero-order valence-corrected chi connectivity index (χ0v) is 22.2. The maximum atomic E-state index is 14.7. The van der Waals surface area contributed by atoms with Crippen molar-refractivity contribution in [1.82, 2.24) is 25.1 Å². The maximum absolute atomic E-state index is 14.7. The van der Waals surface area contributed by atoms with Crippen LogP contribution in [0.3, 0.4) is 0 Å². The van der Waals surface area contributed by atoms with Crippen molar-refractivity contribution in [2.45, 2.75) is 57.4 Å². The number of aryl methyl sites for hydroxylation is 1. The first-order valence-corrected chi connectivity index (χ1v) is 13.3. The molecule has 1 aliphatic carbocycles. The van der Waals surface area contributed by atoms with Gasteiger partial charge in [0.25, 0.3) is 5.91 Å². The fraction of sp³-hybridized carbons (Fsp3) is 0.429. The molecule has 0 spiro atoms. The number of anilines is 2. The number of halogens is 1. The summed E-state index contributed by atoms with van der Waals surface area (Å²) in [6, 6.07) is 7.38. The number of aromatic nitrogens is 4. The van der Waals surface area contributed by atoms with Crippen molar-refractivity contribution in [2.75, 3.05) is 23.3 Å². The topological polar surface area (TPSA) is 117 Å². The molecule has 6 rings (SSSR count). The average molecular weight is 534 g/mol. The molecule has 4 aromatic rings. The zero-order valence-electron chi connectivity index (χ0n) is 22.2. The van der Waals surface area contributed by atoms with Crippen LogP contribution in [0.15, 0.2) is 36.7 Å². The van der Waals surface area contributed by atoms with Gasteiger partial charge in [-0.05, 0) is 51.0 Å². The number of rotatable bonds is 5. The number of ether oxygens (including phenoxy) is 1. The second-order valence-corrected chi connectivity index (χ2v) is 10.8. The number of benzene rings is 2. The van der Waals surface area contributed by atoms with E-state index in [9.17, 15) is 14.3 Å². The van der Waals surface area contributed by atoms with E-state index in [4.69, 9.17) is 4.74 Å². The number of piperazine rings is 1. The van der Waals surface area contributed by atoms with E-state index in [1.807, 2.05) is 6.07 Å². The molecule has 0 bridgehead atoms. The van der Waals surface area contributed by atoms with Gasteiger partial charge >= 0.3 is 6.01 Å². The molecule has 39 heavy (non-hydrogen) atoms. The SMILES string of the molecule is C[C@H]1CN(c2ccc(C(=O)Nc3cc(F)c4nn(C)cc4c3)c3nc(O[C@H]4CC[C@@H](O)C4)ncc23)C[C@H](C)N1. The lowest BCUT2D eigenvalue weighted by Crippen LogP contribution is -2.54. The van der Waals surface area contributed by atoms with Crippen LogP contribution in [0.2, 0.25) is 0 Å². The summed E-state index contributed by atoms with van der Waals surface area (Å²) >= 11 is 0. The number of hydrogen-bond acceptors (Lipinski definition) is 8. The van der Waals surface area contributed by atoms with E-state index >= 15 is 0 Å². The van der Waals surface area contributed by atoms with Gasteiger partial charge in [-0.15, -0.1) is 0 Å². The summed E-state index contributed by atoms with van der Waals surface area (Å²) in [5.41, 5.74) is 2.29. The van der Waals surface area contributed by atoms with Gasteiger partial charge in [0.15, 0.2) is 5.82 Å². The molecule has 11 heteroatoms. The standard InChI is InChI=1S/C28H32FN7O3/c1-15-12-36(13-16(2)31-15)24-7-6-21(26-22(24)11-30-28(33-26)39-20-5-4-19(37)10-20)27(38)32-18-8-17-14-35(3)34-25(17)23(29)9-18/h6-9,11,14-16,19-20,31,37H,4-5,10,12-13H2,1-3H3,(H,32,38)/t15-,16-,19+,20-/m0/s1. The number of nitrogens with zero attached hydrogens (tertiary/aromatic N) is 5. The van der Waals surface area contributed by atoms with Gasteiger partial charge in [0.2, 0.25) is 0 Å². The van der Waals surface area contributed by atoms with E-state index in [-0.39, 0.29) is 17.6 Å². The molecule has 204 valence electrons. The van der Waals surface area contributed by atoms with E-state index in [1.54, 1.807) is 31.6 Å². The van der Waals surface area contributed by atoms with Gasteiger partial charge < -0.3 is 25.4 Å². The highest BCUT2D eigenvalue weighted by Gasteiger charge is 2.27. The van der Waals surface area contributed by atoms with Gasteiger partial charge in [-0.2, -0.15) is 10.1 Å². The van der Waals surface area contributed by atoms with Gasteiger partial charge in [-0.1, -0.05) is 0 Å². The van der Waals surface area contributed by atoms with E-state index in [2.05, 4.69) is 44.4 Å². The molecule has 3 heterocycles. The van der Waals surface area contributed by atoms with Crippen molar-refractivity contribution in [3.8, 4) is 6.01 Å². The van der Waals surface area contributed by atoms with Gasteiger partial charge in [-0.25, -0.2) is 9.37 Å². The minimum Gasteiger partial charge on any atom is -0.460 e. The van der Waals surface area contributed by atoms with E-state index in [0.717, 1.165) is 30.6 Å². The van der Waals surface area contributed by atoms with Gasteiger partial charge in [-0.3, -0.25) is 9.48 Å². The maximum Gasteiger partial charge on any atom is 0.317 e. The molecule has 2 fully saturated rings.